The maximum absolute atomic E-state index is 13.3. The van der Waals surface area contributed by atoms with E-state index in [9.17, 15) is 9.18 Å². The molecule has 1 saturated heterocycles. The highest BCUT2D eigenvalue weighted by atomic mass is 35.5. The lowest BCUT2D eigenvalue weighted by Gasteiger charge is -2.35. The van der Waals surface area contributed by atoms with Crippen LogP contribution in [0.25, 0.3) is 22.7 Å². The van der Waals surface area contributed by atoms with E-state index in [-0.39, 0.29) is 30.0 Å². The van der Waals surface area contributed by atoms with Crippen LogP contribution in [0.5, 0.6) is 5.75 Å². The van der Waals surface area contributed by atoms with Crippen LogP contribution in [0.1, 0.15) is 0 Å². The van der Waals surface area contributed by atoms with Crippen LogP contribution in [0.2, 0.25) is 5.02 Å². The summed E-state index contributed by atoms with van der Waals surface area (Å²) >= 11 is 5.87. The molecule has 0 radical (unpaired) electrons. The molecule has 0 unspecified atom stereocenters. The number of hydrogen-bond acceptors (Lipinski definition) is 8. The van der Waals surface area contributed by atoms with E-state index < -0.39 is 0 Å². The lowest BCUT2D eigenvalue weighted by Crippen LogP contribution is -2.50. The minimum absolute atomic E-state index is 0.0548. The number of aromatic nitrogens is 3. The number of benzene rings is 2. The highest BCUT2D eigenvalue weighted by molar-refractivity contribution is 6.30. The molecule has 0 saturated carbocycles. The van der Waals surface area contributed by atoms with Gasteiger partial charge < -0.3 is 24.7 Å². The molecule has 1 fully saturated rings. The van der Waals surface area contributed by atoms with E-state index in [0.717, 1.165) is 0 Å². The van der Waals surface area contributed by atoms with Gasteiger partial charge in [0.2, 0.25) is 11.8 Å². The summed E-state index contributed by atoms with van der Waals surface area (Å²) in [5, 5.41) is 0.603. The van der Waals surface area contributed by atoms with E-state index >= 15 is 0 Å². The molecule has 2 aromatic heterocycles. The first-order valence-electron chi connectivity index (χ1n) is 10.6. The summed E-state index contributed by atoms with van der Waals surface area (Å²) in [5.74, 6) is 1.00. The number of nitrogens with two attached hydrogens (primary N) is 1. The van der Waals surface area contributed by atoms with Crippen molar-refractivity contribution >= 4 is 40.5 Å². The van der Waals surface area contributed by atoms with Gasteiger partial charge in [-0.3, -0.25) is 4.79 Å². The highest BCUT2D eigenvalue weighted by Crippen LogP contribution is 2.30. The molecule has 4 aromatic rings. The van der Waals surface area contributed by atoms with Gasteiger partial charge in [0.25, 0.3) is 11.6 Å². The van der Waals surface area contributed by atoms with E-state index in [1.54, 1.807) is 41.3 Å². The third kappa shape index (κ3) is 4.58. The topological polar surface area (TPSA) is 111 Å². The largest absolute Gasteiger partial charge is 0.484 e. The van der Waals surface area contributed by atoms with Gasteiger partial charge in [-0.25, -0.2) is 9.37 Å². The Hall–Kier alpha value is -3.92. The first kappa shape index (κ1) is 21.9. The Bertz CT molecular complexity index is 1320. The molecule has 2 N–H and O–H groups in total. The SMILES string of the molecule is Nc1nc(N2CCN(C(=O)COc3ccc(Cl)cc3)CC2)c2nc(-c3ccc(F)cc3)oc2n1. The molecular formula is C23H20ClFN6O3. The molecule has 1 aliphatic heterocycles. The number of anilines is 2. The average Bonchev–Trinajstić information content (AvgIpc) is 3.27. The van der Waals surface area contributed by atoms with Gasteiger partial charge >= 0.3 is 0 Å². The highest BCUT2D eigenvalue weighted by Gasteiger charge is 2.26. The van der Waals surface area contributed by atoms with Crippen LogP contribution in [-0.2, 0) is 4.79 Å². The van der Waals surface area contributed by atoms with Crippen LogP contribution < -0.4 is 15.4 Å². The van der Waals surface area contributed by atoms with Crippen molar-refractivity contribution < 1.29 is 18.3 Å². The van der Waals surface area contributed by atoms with Crippen LogP contribution in [0, 0.1) is 5.82 Å². The molecule has 2 aromatic carbocycles. The molecule has 0 spiro atoms. The molecule has 9 nitrogen and oxygen atoms in total. The smallest absolute Gasteiger partial charge is 0.260 e. The van der Waals surface area contributed by atoms with Crippen molar-refractivity contribution in [3.63, 3.8) is 0 Å². The fourth-order valence-electron chi connectivity index (χ4n) is 3.70. The molecule has 174 valence electrons. The number of nitrogens with zero attached hydrogens (tertiary/aromatic N) is 5. The second kappa shape index (κ2) is 9.14. The van der Waals surface area contributed by atoms with Gasteiger partial charge in [-0.05, 0) is 48.5 Å². The van der Waals surface area contributed by atoms with Crippen molar-refractivity contribution in [3.8, 4) is 17.2 Å². The Morgan fingerprint density at radius 1 is 1.03 bits per heavy atom. The zero-order valence-electron chi connectivity index (χ0n) is 17.9. The number of piperazine rings is 1. The summed E-state index contributed by atoms with van der Waals surface area (Å²) in [6.07, 6.45) is 0. The fourth-order valence-corrected chi connectivity index (χ4v) is 3.82. The van der Waals surface area contributed by atoms with E-state index in [1.807, 2.05) is 4.90 Å². The Morgan fingerprint density at radius 3 is 2.44 bits per heavy atom. The van der Waals surface area contributed by atoms with Crippen LogP contribution in [0.4, 0.5) is 16.2 Å². The van der Waals surface area contributed by atoms with E-state index in [2.05, 4.69) is 15.0 Å². The normalized spacial score (nSPS) is 13.9. The summed E-state index contributed by atoms with van der Waals surface area (Å²) in [7, 11) is 0. The van der Waals surface area contributed by atoms with Crippen LogP contribution >= 0.6 is 11.6 Å². The van der Waals surface area contributed by atoms with Crippen molar-refractivity contribution in [2.45, 2.75) is 0 Å². The zero-order chi connectivity index (χ0) is 23.7. The van der Waals surface area contributed by atoms with Crippen LogP contribution in [0.3, 0.4) is 0 Å². The van der Waals surface area contributed by atoms with E-state index in [0.29, 0.717) is 59.7 Å². The number of ether oxygens (including phenoxy) is 1. The Kier molecular flexibility index (Phi) is 5.89. The van der Waals surface area contributed by atoms with Crippen molar-refractivity contribution in [1.29, 1.82) is 0 Å². The predicted octanol–water partition coefficient (Wildman–Crippen LogP) is 3.39. The summed E-state index contributed by atoms with van der Waals surface area (Å²) in [4.78, 5) is 29.4. The van der Waals surface area contributed by atoms with Crippen molar-refractivity contribution in [2.75, 3.05) is 43.4 Å². The van der Waals surface area contributed by atoms with E-state index in [1.165, 1.54) is 12.1 Å². The summed E-state index contributed by atoms with van der Waals surface area (Å²) in [6, 6.07) is 12.7. The standard InChI is InChI=1S/C23H20ClFN6O3/c24-15-3-7-17(8-4-15)33-13-18(32)30-9-11-31(12-10-30)20-19-22(29-23(26)28-20)34-21(27-19)14-1-5-16(25)6-2-14/h1-8H,9-13H2,(H2,26,28,29). The summed E-state index contributed by atoms with van der Waals surface area (Å²) in [5.41, 5.74) is 7.22. The Balaban J connectivity index is 1.28. The lowest BCUT2D eigenvalue weighted by molar-refractivity contribution is -0.133. The first-order chi connectivity index (χ1) is 16.5. The minimum Gasteiger partial charge on any atom is -0.484 e. The van der Waals surface area contributed by atoms with Gasteiger partial charge in [-0.15, -0.1) is 0 Å². The molecule has 11 heteroatoms. The van der Waals surface area contributed by atoms with Gasteiger partial charge in [0, 0.05) is 36.8 Å². The number of carbonyl (C=O) groups is 1. The first-order valence-corrected chi connectivity index (χ1v) is 10.9. The molecule has 3 heterocycles. The van der Waals surface area contributed by atoms with Crippen LogP contribution in [-0.4, -0.2) is 58.5 Å². The Morgan fingerprint density at radius 2 is 1.74 bits per heavy atom. The fraction of sp³-hybridized carbons (Fsp3) is 0.217. The predicted molar refractivity (Wildman–Crippen MR) is 125 cm³/mol. The number of carbonyl (C=O) groups excluding carboxylic acids is 1. The van der Waals surface area contributed by atoms with Crippen LogP contribution in [0.15, 0.2) is 52.9 Å². The van der Waals surface area contributed by atoms with Crippen molar-refractivity contribution in [2.24, 2.45) is 0 Å². The van der Waals surface area contributed by atoms with Gasteiger partial charge in [0.15, 0.2) is 17.9 Å². The van der Waals surface area contributed by atoms with E-state index in [4.69, 9.17) is 26.5 Å². The summed E-state index contributed by atoms with van der Waals surface area (Å²) in [6.45, 7) is 1.96. The third-order valence-corrected chi connectivity index (χ3v) is 5.71. The molecule has 1 aliphatic rings. The van der Waals surface area contributed by atoms with Crippen molar-refractivity contribution in [1.82, 2.24) is 19.9 Å². The summed E-state index contributed by atoms with van der Waals surface area (Å²) < 4.78 is 24.6. The molecule has 1 amide bonds. The van der Waals surface area contributed by atoms with Crippen molar-refractivity contribution in [3.05, 3.63) is 59.4 Å². The second-order valence-electron chi connectivity index (χ2n) is 7.70. The molecule has 0 atom stereocenters. The maximum atomic E-state index is 13.3. The van der Waals surface area contributed by atoms with Gasteiger partial charge in [-0.1, -0.05) is 11.6 Å². The van der Waals surface area contributed by atoms with Gasteiger partial charge in [0.05, 0.1) is 0 Å². The number of fused-ring (bicyclic) bond motifs is 1. The van der Waals surface area contributed by atoms with Gasteiger partial charge in [0.1, 0.15) is 11.6 Å². The second-order valence-corrected chi connectivity index (χ2v) is 8.13. The third-order valence-electron chi connectivity index (χ3n) is 5.46. The number of halogens is 2. The maximum Gasteiger partial charge on any atom is 0.260 e. The quantitative estimate of drug-likeness (QED) is 0.461. The zero-order valence-corrected chi connectivity index (χ0v) is 18.7. The number of rotatable bonds is 5. The molecule has 0 aliphatic carbocycles. The number of hydrogen-bond donors (Lipinski definition) is 1. The molecule has 34 heavy (non-hydrogen) atoms. The number of amides is 1. The molecule has 0 bridgehead atoms. The lowest BCUT2D eigenvalue weighted by atomic mass is 10.2. The van der Waals surface area contributed by atoms with Gasteiger partial charge in [-0.2, -0.15) is 9.97 Å². The number of nitrogen functional groups attached to an aromatic ring is 1. The number of oxazole rings is 1. The minimum atomic E-state index is -0.351. The average molecular weight is 483 g/mol. The Labute approximate surface area is 198 Å². The molecule has 5 rings (SSSR count). The monoisotopic (exact) mass is 482 g/mol. The molecular weight excluding hydrogens is 463 g/mol.